The van der Waals surface area contributed by atoms with E-state index in [1.54, 1.807) is 0 Å². The molecule has 21 heavy (non-hydrogen) atoms. The number of hydrogen-bond donors (Lipinski definition) is 1. The number of rotatable bonds is 3. The van der Waals surface area contributed by atoms with Crippen LogP contribution in [0.3, 0.4) is 0 Å². The summed E-state index contributed by atoms with van der Waals surface area (Å²) in [5, 5.41) is 0. The third-order valence-corrected chi connectivity index (χ3v) is 4.15. The van der Waals surface area contributed by atoms with Crippen molar-refractivity contribution in [3.8, 4) is 0 Å². The van der Waals surface area contributed by atoms with E-state index in [-0.39, 0.29) is 0 Å². The second kappa shape index (κ2) is 5.48. The first-order valence-electron chi connectivity index (χ1n) is 7.54. The van der Waals surface area contributed by atoms with Gasteiger partial charge in [-0.3, -0.25) is 4.90 Å². The van der Waals surface area contributed by atoms with E-state index in [0.717, 1.165) is 55.5 Å². The van der Waals surface area contributed by atoms with Crippen LogP contribution in [0.5, 0.6) is 0 Å². The van der Waals surface area contributed by atoms with Crippen LogP contribution in [0.1, 0.15) is 19.2 Å². The van der Waals surface area contributed by atoms with Gasteiger partial charge in [0.25, 0.3) is 0 Å². The van der Waals surface area contributed by atoms with Gasteiger partial charge in [-0.25, -0.2) is 4.98 Å². The zero-order valence-electron chi connectivity index (χ0n) is 13.0. The van der Waals surface area contributed by atoms with Crippen molar-refractivity contribution in [1.82, 2.24) is 24.4 Å². The molecule has 1 fully saturated rings. The smallest absolute Gasteiger partial charge is 0.224 e. The fraction of sp³-hybridized carbons (Fsp3) is 0.643. The van der Waals surface area contributed by atoms with Crippen molar-refractivity contribution < 1.29 is 0 Å². The lowest BCUT2D eigenvalue weighted by atomic mass is 10.3. The van der Waals surface area contributed by atoms with Crippen molar-refractivity contribution in [1.29, 1.82) is 0 Å². The Labute approximate surface area is 124 Å². The molecule has 2 N–H and O–H groups in total. The Morgan fingerprint density at radius 1 is 1.10 bits per heavy atom. The number of aromatic nitrogens is 4. The van der Waals surface area contributed by atoms with Crippen molar-refractivity contribution in [3.05, 3.63) is 5.82 Å². The summed E-state index contributed by atoms with van der Waals surface area (Å²) in [5.74, 6) is 2.12. The van der Waals surface area contributed by atoms with E-state index in [9.17, 15) is 0 Å². The second-order valence-corrected chi connectivity index (χ2v) is 5.62. The van der Waals surface area contributed by atoms with Crippen LogP contribution in [0.2, 0.25) is 0 Å². The highest BCUT2D eigenvalue weighted by atomic mass is 15.3. The summed E-state index contributed by atoms with van der Waals surface area (Å²) in [6, 6.07) is 0. The lowest BCUT2D eigenvalue weighted by Gasteiger charge is -2.35. The van der Waals surface area contributed by atoms with Crippen molar-refractivity contribution in [2.24, 2.45) is 7.05 Å². The third kappa shape index (κ3) is 2.53. The molecular formula is C14H23N7. The molecule has 2 aromatic heterocycles. The van der Waals surface area contributed by atoms with Gasteiger partial charge in [0, 0.05) is 33.2 Å². The predicted molar refractivity (Wildman–Crippen MR) is 84.4 cm³/mol. The normalized spacial score (nSPS) is 16.8. The summed E-state index contributed by atoms with van der Waals surface area (Å²) in [6.45, 7) is 9.40. The second-order valence-electron chi connectivity index (χ2n) is 5.62. The van der Waals surface area contributed by atoms with Gasteiger partial charge >= 0.3 is 0 Å². The Kier molecular flexibility index (Phi) is 3.67. The number of piperazine rings is 1. The first-order chi connectivity index (χ1) is 10.1. The molecule has 0 aromatic carbocycles. The van der Waals surface area contributed by atoms with Crippen LogP contribution >= 0.6 is 0 Å². The van der Waals surface area contributed by atoms with Gasteiger partial charge in [0.15, 0.2) is 17.0 Å². The molecule has 0 unspecified atom stereocenters. The minimum absolute atomic E-state index is 0.316. The maximum Gasteiger partial charge on any atom is 0.224 e. The number of fused-ring (bicyclic) bond motifs is 1. The topological polar surface area (TPSA) is 76.1 Å². The molecule has 7 heteroatoms. The van der Waals surface area contributed by atoms with E-state index in [2.05, 4.69) is 31.7 Å². The van der Waals surface area contributed by atoms with Gasteiger partial charge in [-0.05, 0) is 19.9 Å². The van der Waals surface area contributed by atoms with Crippen LogP contribution < -0.4 is 10.6 Å². The minimum Gasteiger partial charge on any atom is -0.368 e. The van der Waals surface area contributed by atoms with E-state index in [1.807, 2.05) is 18.5 Å². The quantitative estimate of drug-likeness (QED) is 0.900. The van der Waals surface area contributed by atoms with Gasteiger partial charge in [-0.1, -0.05) is 6.92 Å². The molecule has 0 atom stereocenters. The van der Waals surface area contributed by atoms with Crippen LogP contribution in [-0.4, -0.2) is 57.1 Å². The van der Waals surface area contributed by atoms with Crippen molar-refractivity contribution in [2.75, 3.05) is 43.4 Å². The van der Waals surface area contributed by atoms with Gasteiger partial charge in [0.2, 0.25) is 5.95 Å². The zero-order valence-corrected chi connectivity index (χ0v) is 13.0. The number of aryl methyl sites for hydroxylation is 2. The van der Waals surface area contributed by atoms with Crippen molar-refractivity contribution in [3.63, 3.8) is 0 Å². The fourth-order valence-electron chi connectivity index (χ4n) is 2.89. The summed E-state index contributed by atoms with van der Waals surface area (Å²) >= 11 is 0. The molecule has 1 saturated heterocycles. The summed E-state index contributed by atoms with van der Waals surface area (Å²) in [5.41, 5.74) is 7.55. The molecule has 7 nitrogen and oxygen atoms in total. The third-order valence-electron chi connectivity index (χ3n) is 4.15. The lowest BCUT2D eigenvalue weighted by molar-refractivity contribution is 0.258. The van der Waals surface area contributed by atoms with E-state index in [4.69, 9.17) is 5.73 Å². The van der Waals surface area contributed by atoms with Crippen LogP contribution in [0.4, 0.5) is 11.8 Å². The molecule has 1 aliphatic rings. The zero-order chi connectivity index (χ0) is 15.0. The van der Waals surface area contributed by atoms with E-state index >= 15 is 0 Å². The summed E-state index contributed by atoms with van der Waals surface area (Å²) in [4.78, 5) is 18.2. The molecule has 0 radical (unpaired) electrons. The number of nitrogens with two attached hydrogens (primary N) is 1. The molecule has 3 rings (SSSR count). The van der Waals surface area contributed by atoms with E-state index in [0.29, 0.717) is 5.95 Å². The Hall–Kier alpha value is -1.89. The SMILES string of the molecule is CCCN1CCN(c2nc(N)nc3c2nc(C)n3C)CC1. The molecular weight excluding hydrogens is 266 g/mol. The first kappa shape index (κ1) is 14.1. The average molecular weight is 289 g/mol. The van der Waals surface area contributed by atoms with Crippen LogP contribution in [0, 0.1) is 6.92 Å². The number of nitrogen functional groups attached to an aromatic ring is 1. The Bertz CT molecular complexity index is 640. The average Bonchev–Trinajstić information content (AvgIpc) is 2.75. The van der Waals surface area contributed by atoms with Crippen LogP contribution in [-0.2, 0) is 7.05 Å². The maximum atomic E-state index is 5.88. The highest BCUT2D eigenvalue weighted by molar-refractivity contribution is 5.85. The van der Waals surface area contributed by atoms with Gasteiger partial charge in [-0.2, -0.15) is 9.97 Å². The van der Waals surface area contributed by atoms with Gasteiger partial charge < -0.3 is 15.2 Å². The molecule has 0 amide bonds. The molecule has 0 bridgehead atoms. The molecule has 0 aliphatic carbocycles. The molecule has 0 saturated carbocycles. The first-order valence-corrected chi connectivity index (χ1v) is 7.54. The molecule has 114 valence electrons. The van der Waals surface area contributed by atoms with Gasteiger partial charge in [-0.15, -0.1) is 0 Å². The number of nitrogens with zero attached hydrogens (tertiary/aromatic N) is 6. The Morgan fingerprint density at radius 2 is 1.81 bits per heavy atom. The highest BCUT2D eigenvalue weighted by Crippen LogP contribution is 2.25. The summed E-state index contributed by atoms with van der Waals surface area (Å²) in [7, 11) is 1.96. The van der Waals surface area contributed by atoms with E-state index < -0.39 is 0 Å². The largest absolute Gasteiger partial charge is 0.368 e. The maximum absolute atomic E-state index is 5.88. The monoisotopic (exact) mass is 289 g/mol. The highest BCUT2D eigenvalue weighted by Gasteiger charge is 2.22. The number of hydrogen-bond acceptors (Lipinski definition) is 6. The predicted octanol–water partition coefficient (Wildman–Crippen LogP) is 0.786. The molecule has 1 aliphatic heterocycles. The summed E-state index contributed by atoms with van der Waals surface area (Å²) in [6.07, 6.45) is 1.20. The van der Waals surface area contributed by atoms with Crippen molar-refractivity contribution >= 4 is 22.9 Å². The van der Waals surface area contributed by atoms with Crippen LogP contribution in [0.25, 0.3) is 11.2 Å². The lowest BCUT2D eigenvalue weighted by Crippen LogP contribution is -2.47. The minimum atomic E-state index is 0.316. The number of anilines is 2. The fourth-order valence-corrected chi connectivity index (χ4v) is 2.89. The standard InChI is InChI=1S/C14H23N7/c1-4-5-20-6-8-21(9-7-20)13-11-12(17-14(15)18-13)19(3)10(2)16-11/h4-9H2,1-3H3,(H2,15,17,18). The van der Waals surface area contributed by atoms with Gasteiger partial charge in [0.1, 0.15) is 5.82 Å². The molecule has 2 aromatic rings. The Morgan fingerprint density at radius 3 is 2.48 bits per heavy atom. The number of imidazole rings is 1. The summed E-state index contributed by atoms with van der Waals surface area (Å²) < 4.78 is 1.96. The Balaban J connectivity index is 1.92. The van der Waals surface area contributed by atoms with E-state index in [1.165, 1.54) is 6.42 Å². The van der Waals surface area contributed by atoms with Gasteiger partial charge in [0.05, 0.1) is 0 Å². The molecule has 0 spiro atoms. The van der Waals surface area contributed by atoms with Crippen LogP contribution in [0.15, 0.2) is 0 Å². The molecule has 3 heterocycles. The van der Waals surface area contributed by atoms with Crippen molar-refractivity contribution in [2.45, 2.75) is 20.3 Å².